The van der Waals surface area contributed by atoms with Crippen molar-refractivity contribution in [1.29, 1.82) is 5.26 Å². The number of fused-ring (bicyclic) bond motifs is 1. The molecule has 0 unspecified atom stereocenters. The zero-order valence-corrected chi connectivity index (χ0v) is 17.4. The quantitative estimate of drug-likeness (QED) is 0.436. The maximum Gasteiger partial charge on any atom is 0.238 e. The van der Waals surface area contributed by atoms with Gasteiger partial charge in [0.1, 0.15) is 6.07 Å². The van der Waals surface area contributed by atoms with E-state index in [9.17, 15) is 13.7 Å². The Morgan fingerprint density at radius 2 is 1.87 bits per heavy atom. The van der Waals surface area contributed by atoms with Crippen molar-refractivity contribution in [1.82, 2.24) is 9.97 Å². The summed E-state index contributed by atoms with van der Waals surface area (Å²) in [5, 5.41) is 19.2. The van der Waals surface area contributed by atoms with Gasteiger partial charge >= 0.3 is 0 Å². The number of aromatic amines is 1. The van der Waals surface area contributed by atoms with Crippen LogP contribution in [0.3, 0.4) is 0 Å². The lowest BCUT2D eigenvalue weighted by Gasteiger charge is -2.14. The van der Waals surface area contributed by atoms with E-state index in [1.807, 2.05) is 43.5 Å². The van der Waals surface area contributed by atoms with Gasteiger partial charge in [-0.15, -0.1) is 0 Å². The van der Waals surface area contributed by atoms with Crippen molar-refractivity contribution in [3.8, 4) is 6.07 Å². The van der Waals surface area contributed by atoms with Crippen molar-refractivity contribution in [2.45, 2.75) is 11.8 Å². The summed E-state index contributed by atoms with van der Waals surface area (Å²) < 4.78 is 22.8. The molecule has 0 saturated carbocycles. The highest BCUT2D eigenvalue weighted by atomic mass is 32.2. The van der Waals surface area contributed by atoms with Crippen LogP contribution in [-0.4, -0.2) is 18.4 Å². The van der Waals surface area contributed by atoms with Gasteiger partial charge in [-0.25, -0.2) is 13.6 Å². The third kappa shape index (κ3) is 4.19. The number of nitrogens with two attached hydrogens (primary N) is 1. The van der Waals surface area contributed by atoms with Crippen molar-refractivity contribution in [2.75, 3.05) is 5.32 Å². The Balaban J connectivity index is 1.70. The molecule has 0 spiro atoms. The van der Waals surface area contributed by atoms with Gasteiger partial charge in [0.15, 0.2) is 0 Å². The second-order valence-corrected chi connectivity index (χ2v) is 8.57. The molecule has 2 aromatic carbocycles. The Bertz CT molecular complexity index is 1450. The number of nitrogens with zero attached hydrogens (tertiary/aromatic N) is 2. The molecule has 2 heterocycles. The molecule has 0 aliphatic rings. The smallest absolute Gasteiger partial charge is 0.238 e. The largest absolute Gasteiger partial charge is 0.361 e. The molecule has 0 bridgehead atoms. The number of primary sulfonamides is 1. The minimum atomic E-state index is -3.73. The summed E-state index contributed by atoms with van der Waals surface area (Å²) in [5.41, 5.74) is 5.57. The number of rotatable bonds is 5. The lowest BCUT2D eigenvalue weighted by Crippen LogP contribution is -2.11. The van der Waals surface area contributed by atoms with Crippen molar-refractivity contribution < 1.29 is 8.42 Å². The first kappa shape index (κ1) is 20.3. The number of sulfonamides is 1. The monoisotopic (exact) mass is 429 g/mol. The Morgan fingerprint density at radius 1 is 1.10 bits per heavy atom. The van der Waals surface area contributed by atoms with Crippen LogP contribution in [0.15, 0.2) is 66.0 Å². The summed E-state index contributed by atoms with van der Waals surface area (Å²) in [5.74, 6) is 0. The standard InChI is InChI=1S/C23H19N5O2S/c1-15-20-10-11-27-22(20)9-8-21(15)28-23-17(13-26-14-18(23)12-24)5-2-16-3-6-19(7-4-16)31(25,29)30/h2-11,13-14,27H,1H3,(H,26,28)(H2,25,29,30)/b5-2+. The van der Waals surface area contributed by atoms with E-state index in [1.54, 1.807) is 18.3 Å². The molecule has 0 radical (unpaired) electrons. The van der Waals surface area contributed by atoms with Crippen LogP contribution < -0.4 is 10.5 Å². The summed E-state index contributed by atoms with van der Waals surface area (Å²) in [7, 11) is -3.73. The zero-order valence-electron chi connectivity index (χ0n) is 16.6. The molecular weight excluding hydrogens is 410 g/mol. The van der Waals surface area contributed by atoms with Gasteiger partial charge < -0.3 is 10.3 Å². The van der Waals surface area contributed by atoms with Gasteiger partial charge in [-0.3, -0.25) is 4.98 Å². The van der Waals surface area contributed by atoms with E-state index in [4.69, 9.17) is 5.14 Å². The van der Waals surface area contributed by atoms with E-state index < -0.39 is 10.0 Å². The predicted octanol–water partition coefficient (Wildman–Crippen LogP) is 4.30. The highest BCUT2D eigenvalue weighted by Gasteiger charge is 2.11. The third-order valence-electron chi connectivity index (χ3n) is 5.02. The van der Waals surface area contributed by atoms with Crippen molar-refractivity contribution in [3.63, 3.8) is 0 Å². The minimum absolute atomic E-state index is 0.0516. The lowest BCUT2D eigenvalue weighted by atomic mass is 10.1. The molecule has 31 heavy (non-hydrogen) atoms. The van der Waals surface area contributed by atoms with Crippen LogP contribution in [0.2, 0.25) is 0 Å². The van der Waals surface area contributed by atoms with Crippen molar-refractivity contribution >= 4 is 44.5 Å². The number of hydrogen-bond acceptors (Lipinski definition) is 5. The van der Waals surface area contributed by atoms with Crippen molar-refractivity contribution in [3.05, 3.63) is 83.3 Å². The maximum absolute atomic E-state index is 11.4. The highest BCUT2D eigenvalue weighted by molar-refractivity contribution is 7.89. The molecule has 4 aromatic rings. The van der Waals surface area contributed by atoms with Gasteiger partial charge in [0.25, 0.3) is 0 Å². The Kier molecular flexibility index (Phi) is 5.29. The average Bonchev–Trinajstić information content (AvgIpc) is 3.24. The van der Waals surface area contributed by atoms with E-state index in [1.165, 1.54) is 18.3 Å². The number of hydrogen-bond donors (Lipinski definition) is 3. The number of anilines is 2. The van der Waals surface area contributed by atoms with Gasteiger partial charge in [0.05, 0.1) is 16.1 Å². The Labute approximate surface area is 179 Å². The van der Waals surface area contributed by atoms with E-state index in [-0.39, 0.29) is 4.90 Å². The first-order valence-electron chi connectivity index (χ1n) is 9.39. The summed E-state index contributed by atoms with van der Waals surface area (Å²) >= 11 is 0. The number of aromatic nitrogens is 2. The molecule has 0 aliphatic heterocycles. The molecule has 2 aromatic heterocycles. The normalized spacial score (nSPS) is 11.6. The fourth-order valence-corrected chi connectivity index (χ4v) is 3.85. The van der Waals surface area contributed by atoms with Crippen LogP contribution in [-0.2, 0) is 10.0 Å². The van der Waals surface area contributed by atoms with E-state index in [0.29, 0.717) is 11.3 Å². The fraction of sp³-hybridized carbons (Fsp3) is 0.0435. The average molecular weight is 430 g/mol. The van der Waals surface area contributed by atoms with E-state index in [2.05, 4.69) is 21.4 Å². The van der Waals surface area contributed by atoms with E-state index >= 15 is 0 Å². The third-order valence-corrected chi connectivity index (χ3v) is 5.95. The number of nitriles is 1. The zero-order chi connectivity index (χ0) is 22.0. The molecule has 4 rings (SSSR count). The molecular formula is C23H19N5O2S. The van der Waals surface area contributed by atoms with Gasteiger partial charge in [0, 0.05) is 40.7 Å². The molecule has 0 aliphatic carbocycles. The van der Waals surface area contributed by atoms with Crippen LogP contribution in [0.25, 0.3) is 23.1 Å². The highest BCUT2D eigenvalue weighted by Crippen LogP contribution is 2.31. The Morgan fingerprint density at radius 3 is 2.58 bits per heavy atom. The van der Waals surface area contributed by atoms with Gasteiger partial charge in [-0.2, -0.15) is 5.26 Å². The minimum Gasteiger partial charge on any atom is -0.361 e. The van der Waals surface area contributed by atoms with Crippen LogP contribution in [0, 0.1) is 18.3 Å². The first-order chi connectivity index (χ1) is 14.9. The predicted molar refractivity (Wildman–Crippen MR) is 122 cm³/mol. The molecule has 154 valence electrons. The van der Waals surface area contributed by atoms with Gasteiger partial charge in [0.2, 0.25) is 10.0 Å². The number of aryl methyl sites for hydroxylation is 1. The molecule has 0 atom stereocenters. The molecule has 0 amide bonds. The van der Waals surface area contributed by atoms with Gasteiger partial charge in [-0.05, 0) is 48.4 Å². The van der Waals surface area contributed by atoms with Crippen LogP contribution in [0.4, 0.5) is 11.4 Å². The van der Waals surface area contributed by atoms with Crippen LogP contribution >= 0.6 is 0 Å². The molecule has 7 nitrogen and oxygen atoms in total. The summed E-state index contributed by atoms with van der Waals surface area (Å²) in [6.45, 7) is 2.02. The molecule has 0 saturated heterocycles. The summed E-state index contributed by atoms with van der Waals surface area (Å²) in [6.07, 6.45) is 8.72. The molecule has 8 heteroatoms. The second-order valence-electron chi connectivity index (χ2n) is 7.01. The number of benzene rings is 2. The summed E-state index contributed by atoms with van der Waals surface area (Å²) in [4.78, 5) is 7.41. The van der Waals surface area contributed by atoms with Gasteiger partial charge in [-0.1, -0.05) is 24.3 Å². The first-order valence-corrected chi connectivity index (χ1v) is 10.9. The SMILES string of the molecule is Cc1c(Nc2c(C#N)cncc2/C=C/c2ccc(S(N)(=O)=O)cc2)ccc2[nH]ccc12. The molecule has 0 fully saturated rings. The number of nitrogens with one attached hydrogen (secondary N) is 2. The number of pyridine rings is 1. The fourth-order valence-electron chi connectivity index (χ4n) is 3.34. The lowest BCUT2D eigenvalue weighted by molar-refractivity contribution is 0.598. The van der Waals surface area contributed by atoms with E-state index in [0.717, 1.165) is 33.3 Å². The van der Waals surface area contributed by atoms with Crippen molar-refractivity contribution in [2.24, 2.45) is 5.14 Å². The summed E-state index contributed by atoms with van der Waals surface area (Å²) in [6, 6.07) is 14.4. The van der Waals surface area contributed by atoms with Crippen LogP contribution in [0.5, 0.6) is 0 Å². The molecule has 4 N–H and O–H groups in total. The Hall–Kier alpha value is -3.93. The number of H-pyrrole nitrogens is 1. The second kappa shape index (κ2) is 8.07. The van der Waals surface area contributed by atoms with Crippen LogP contribution in [0.1, 0.15) is 22.3 Å². The topological polar surface area (TPSA) is 125 Å². The maximum atomic E-state index is 11.4.